The second kappa shape index (κ2) is 26.4. The molecule has 0 aliphatic rings. The molecule has 0 aromatic rings. The lowest BCUT2D eigenvalue weighted by atomic mass is 10.1. The molecule has 0 saturated carbocycles. The van der Waals surface area contributed by atoms with E-state index in [-0.39, 0.29) is 19.4 Å². The van der Waals surface area contributed by atoms with Crippen LogP contribution >= 0.6 is 0 Å². The maximum Gasteiger partial charge on any atom is 0.309 e. The van der Waals surface area contributed by atoms with Gasteiger partial charge >= 0.3 is 17.9 Å². The van der Waals surface area contributed by atoms with E-state index in [0.717, 1.165) is 64.2 Å². The van der Waals surface area contributed by atoms with Crippen molar-refractivity contribution in [3.8, 4) is 0 Å². The van der Waals surface area contributed by atoms with Crippen molar-refractivity contribution < 1.29 is 34.1 Å². The highest BCUT2D eigenvalue weighted by atomic mass is 16.6. The topological polar surface area (TPSA) is 110 Å². The molecule has 1 unspecified atom stereocenters. The number of aliphatic carboxylic acids is 1. The summed E-state index contributed by atoms with van der Waals surface area (Å²) in [5.74, 6) is -2.06. The summed E-state index contributed by atoms with van der Waals surface area (Å²) >= 11 is 0. The second-order valence-corrected chi connectivity index (χ2v) is 9.97. The molecule has 0 aliphatic heterocycles. The molecule has 36 heavy (non-hydrogen) atoms. The number of carbonyl (C=O) groups excluding carboxylic acids is 2. The van der Waals surface area contributed by atoms with E-state index in [2.05, 4.69) is 6.92 Å². The van der Waals surface area contributed by atoms with Crippen molar-refractivity contribution in [1.82, 2.24) is 0 Å². The van der Waals surface area contributed by atoms with Crippen molar-refractivity contribution in [3.05, 3.63) is 0 Å². The first kappa shape index (κ1) is 34.4. The third-order valence-electron chi connectivity index (χ3n) is 6.39. The largest absolute Gasteiger partial charge is 0.481 e. The molecular formula is C29H54O7. The first-order chi connectivity index (χ1) is 17.5. The fourth-order valence-corrected chi connectivity index (χ4v) is 4.23. The van der Waals surface area contributed by atoms with Crippen LogP contribution in [0.1, 0.15) is 148 Å². The van der Waals surface area contributed by atoms with Gasteiger partial charge in [0.25, 0.3) is 0 Å². The Morgan fingerprint density at radius 2 is 1.08 bits per heavy atom. The van der Waals surface area contributed by atoms with E-state index in [1.165, 1.54) is 51.4 Å². The quantitative estimate of drug-likeness (QED) is 0.0886. The number of aliphatic hydroxyl groups excluding tert-OH is 1. The van der Waals surface area contributed by atoms with Crippen molar-refractivity contribution in [2.75, 3.05) is 13.2 Å². The molecule has 0 radical (unpaired) electrons. The predicted octanol–water partition coefficient (Wildman–Crippen LogP) is 7.12. The van der Waals surface area contributed by atoms with Gasteiger partial charge in [-0.05, 0) is 19.3 Å². The Bertz CT molecular complexity index is 536. The monoisotopic (exact) mass is 514 g/mol. The third kappa shape index (κ3) is 25.5. The van der Waals surface area contributed by atoms with Gasteiger partial charge in [-0.15, -0.1) is 0 Å². The van der Waals surface area contributed by atoms with Crippen LogP contribution in [0.2, 0.25) is 0 Å². The van der Waals surface area contributed by atoms with E-state index in [0.29, 0.717) is 13.0 Å². The number of unbranched alkanes of at least 4 members (excludes halogenated alkanes) is 17. The van der Waals surface area contributed by atoms with Crippen LogP contribution in [0.5, 0.6) is 0 Å². The molecule has 7 heteroatoms. The van der Waals surface area contributed by atoms with Gasteiger partial charge in [-0.3, -0.25) is 14.4 Å². The molecule has 212 valence electrons. The van der Waals surface area contributed by atoms with Crippen LogP contribution in [-0.2, 0) is 23.9 Å². The molecule has 0 saturated heterocycles. The number of hydrogen-bond donors (Lipinski definition) is 2. The van der Waals surface area contributed by atoms with Crippen LogP contribution in [0.3, 0.4) is 0 Å². The first-order valence-electron chi connectivity index (χ1n) is 14.7. The minimum atomic E-state index is -1.10. The number of aliphatic hydroxyl groups is 1. The predicted molar refractivity (Wildman–Crippen MR) is 143 cm³/mol. The van der Waals surface area contributed by atoms with Crippen molar-refractivity contribution in [2.45, 2.75) is 154 Å². The molecule has 7 nitrogen and oxygen atoms in total. The number of carbonyl (C=O) groups is 3. The number of rotatable bonds is 27. The second-order valence-electron chi connectivity index (χ2n) is 9.97. The van der Waals surface area contributed by atoms with Gasteiger partial charge in [-0.25, -0.2) is 0 Å². The van der Waals surface area contributed by atoms with Crippen LogP contribution in [0.15, 0.2) is 0 Å². The zero-order valence-corrected chi connectivity index (χ0v) is 23.0. The number of hydrogen-bond acceptors (Lipinski definition) is 6. The zero-order chi connectivity index (χ0) is 26.7. The summed E-state index contributed by atoms with van der Waals surface area (Å²) in [6.45, 7) is 2.82. The fourth-order valence-electron chi connectivity index (χ4n) is 4.23. The standard InChI is InChI=1S/C29H54O7/c1-2-3-4-5-6-7-11-14-17-20-23-35-29(34)25-26(24-27(31)32)36-28(33)21-18-15-12-9-8-10-13-16-19-22-30/h26,30H,2-25H2,1H3,(H,31,32). The highest BCUT2D eigenvalue weighted by molar-refractivity contribution is 5.75. The van der Waals surface area contributed by atoms with Gasteiger partial charge in [0.2, 0.25) is 0 Å². The Balaban J connectivity index is 3.85. The Morgan fingerprint density at radius 3 is 1.58 bits per heavy atom. The summed E-state index contributed by atoms with van der Waals surface area (Å²) < 4.78 is 10.5. The Kier molecular flexibility index (Phi) is 25.2. The zero-order valence-electron chi connectivity index (χ0n) is 23.0. The average Bonchev–Trinajstić information content (AvgIpc) is 2.83. The highest BCUT2D eigenvalue weighted by Gasteiger charge is 2.22. The van der Waals surface area contributed by atoms with Crippen LogP contribution in [-0.4, -0.2) is 47.4 Å². The summed E-state index contributed by atoms with van der Waals surface area (Å²) in [4.78, 5) is 35.3. The first-order valence-corrected chi connectivity index (χ1v) is 14.7. The van der Waals surface area contributed by atoms with Crippen LogP contribution in [0.25, 0.3) is 0 Å². The lowest BCUT2D eigenvalue weighted by Crippen LogP contribution is -2.25. The summed E-state index contributed by atoms with van der Waals surface area (Å²) in [6.07, 6.45) is 19.9. The third-order valence-corrected chi connectivity index (χ3v) is 6.39. The molecule has 0 bridgehead atoms. The molecule has 0 heterocycles. The maximum absolute atomic E-state index is 12.1. The van der Waals surface area contributed by atoms with E-state index in [1.54, 1.807) is 0 Å². The lowest BCUT2D eigenvalue weighted by Gasteiger charge is -2.15. The van der Waals surface area contributed by atoms with Gasteiger partial charge in [0, 0.05) is 13.0 Å². The number of carboxylic acids is 1. The number of esters is 2. The van der Waals surface area contributed by atoms with E-state index in [1.807, 2.05) is 0 Å². The Hall–Kier alpha value is -1.63. The SMILES string of the molecule is CCCCCCCCCCCCOC(=O)CC(CC(=O)O)OC(=O)CCCCCCCCCCCO. The molecule has 0 spiro atoms. The van der Waals surface area contributed by atoms with Gasteiger partial charge < -0.3 is 19.7 Å². The molecule has 1 atom stereocenters. The van der Waals surface area contributed by atoms with Crippen molar-refractivity contribution >= 4 is 17.9 Å². The van der Waals surface area contributed by atoms with Gasteiger partial charge in [0.05, 0.1) is 19.4 Å². The molecule has 0 aromatic heterocycles. The van der Waals surface area contributed by atoms with Gasteiger partial charge in [-0.1, -0.05) is 110 Å². The Morgan fingerprint density at radius 1 is 0.611 bits per heavy atom. The fraction of sp³-hybridized carbons (Fsp3) is 0.897. The summed E-state index contributed by atoms with van der Waals surface area (Å²) in [7, 11) is 0. The smallest absolute Gasteiger partial charge is 0.309 e. The van der Waals surface area contributed by atoms with Gasteiger partial charge in [0.1, 0.15) is 6.10 Å². The average molecular weight is 515 g/mol. The number of carboxylic acid groups (broad SMARTS) is 1. The van der Waals surface area contributed by atoms with Crippen LogP contribution < -0.4 is 0 Å². The lowest BCUT2D eigenvalue weighted by molar-refractivity contribution is -0.157. The van der Waals surface area contributed by atoms with E-state index in [9.17, 15) is 14.4 Å². The van der Waals surface area contributed by atoms with Crippen molar-refractivity contribution in [1.29, 1.82) is 0 Å². The van der Waals surface area contributed by atoms with Crippen LogP contribution in [0.4, 0.5) is 0 Å². The minimum absolute atomic E-state index is 0.216. The molecular weight excluding hydrogens is 460 g/mol. The highest BCUT2D eigenvalue weighted by Crippen LogP contribution is 2.14. The summed E-state index contributed by atoms with van der Waals surface area (Å²) in [5, 5.41) is 17.9. The van der Waals surface area contributed by atoms with Crippen molar-refractivity contribution in [2.24, 2.45) is 0 Å². The van der Waals surface area contributed by atoms with Gasteiger partial charge in [-0.2, -0.15) is 0 Å². The Labute approximate surface area is 219 Å². The molecule has 0 rings (SSSR count). The molecule has 2 N–H and O–H groups in total. The van der Waals surface area contributed by atoms with Crippen molar-refractivity contribution in [3.63, 3.8) is 0 Å². The van der Waals surface area contributed by atoms with E-state index < -0.39 is 30.4 Å². The van der Waals surface area contributed by atoms with Crippen LogP contribution in [0, 0.1) is 0 Å². The summed E-state index contributed by atoms with van der Waals surface area (Å²) in [5.41, 5.74) is 0. The maximum atomic E-state index is 12.1. The van der Waals surface area contributed by atoms with Gasteiger partial charge in [0.15, 0.2) is 0 Å². The molecule has 0 aliphatic carbocycles. The number of ether oxygens (including phenoxy) is 2. The van der Waals surface area contributed by atoms with E-state index >= 15 is 0 Å². The molecule has 0 fully saturated rings. The normalized spacial score (nSPS) is 11.8. The summed E-state index contributed by atoms with van der Waals surface area (Å²) in [6, 6.07) is 0. The minimum Gasteiger partial charge on any atom is -0.481 e. The molecule has 0 aromatic carbocycles. The molecule has 0 amide bonds. The van der Waals surface area contributed by atoms with E-state index in [4.69, 9.17) is 19.7 Å².